The second-order valence-corrected chi connectivity index (χ2v) is 5.59. The lowest BCUT2D eigenvalue weighted by Gasteiger charge is -2.28. The molecule has 0 N–H and O–H groups in total. The monoisotopic (exact) mass is 295 g/mol. The predicted octanol–water partition coefficient (Wildman–Crippen LogP) is 2.95. The van der Waals surface area contributed by atoms with E-state index in [1.807, 2.05) is 48.7 Å². The van der Waals surface area contributed by atoms with Gasteiger partial charge in [0.1, 0.15) is 0 Å². The molecule has 0 spiro atoms. The van der Waals surface area contributed by atoms with E-state index in [4.69, 9.17) is 0 Å². The number of nitrogens with zero attached hydrogens (tertiary/aromatic N) is 3. The SMILES string of the molecule is O=c1cc(N2CCCCC2)cnn1C/C=C/c1ccccc1. The Morgan fingerprint density at radius 1 is 1.09 bits per heavy atom. The van der Waals surface area contributed by atoms with Gasteiger partial charge in [-0.3, -0.25) is 4.79 Å². The number of benzene rings is 1. The fraction of sp³-hybridized carbons (Fsp3) is 0.333. The first-order valence-corrected chi connectivity index (χ1v) is 7.87. The highest BCUT2D eigenvalue weighted by atomic mass is 16.1. The molecule has 1 aromatic heterocycles. The third-order valence-corrected chi connectivity index (χ3v) is 3.96. The predicted molar refractivity (Wildman–Crippen MR) is 90.0 cm³/mol. The fourth-order valence-electron chi connectivity index (χ4n) is 2.74. The van der Waals surface area contributed by atoms with Gasteiger partial charge in [-0.2, -0.15) is 5.10 Å². The van der Waals surface area contributed by atoms with Gasteiger partial charge in [0.15, 0.2) is 0 Å². The van der Waals surface area contributed by atoms with Crippen LogP contribution in [0.15, 0.2) is 53.5 Å². The summed E-state index contributed by atoms with van der Waals surface area (Å²) >= 11 is 0. The average Bonchev–Trinajstić information content (AvgIpc) is 2.58. The molecule has 4 heteroatoms. The molecule has 4 nitrogen and oxygen atoms in total. The molecule has 3 rings (SSSR count). The summed E-state index contributed by atoms with van der Waals surface area (Å²) in [5.41, 5.74) is 2.04. The Balaban J connectivity index is 1.67. The lowest BCUT2D eigenvalue weighted by Crippen LogP contribution is -2.32. The Morgan fingerprint density at radius 3 is 2.59 bits per heavy atom. The van der Waals surface area contributed by atoms with E-state index in [0.717, 1.165) is 24.3 Å². The maximum absolute atomic E-state index is 12.2. The standard InChI is InChI=1S/C18H21N3O/c22-18-14-17(20-11-5-2-6-12-20)15-19-21(18)13-7-10-16-8-3-1-4-9-16/h1,3-4,7-10,14-15H,2,5-6,11-13H2/b10-7+. The molecule has 1 fully saturated rings. The molecule has 22 heavy (non-hydrogen) atoms. The zero-order chi connectivity index (χ0) is 15.2. The number of allylic oxidation sites excluding steroid dienone is 1. The van der Waals surface area contributed by atoms with Crippen LogP contribution in [0.3, 0.4) is 0 Å². The molecule has 0 saturated carbocycles. The minimum absolute atomic E-state index is 0.0409. The lowest BCUT2D eigenvalue weighted by atomic mass is 10.1. The van der Waals surface area contributed by atoms with Crippen molar-refractivity contribution in [3.05, 3.63) is 64.6 Å². The van der Waals surface area contributed by atoms with Gasteiger partial charge in [0.2, 0.25) is 0 Å². The Morgan fingerprint density at radius 2 is 1.86 bits per heavy atom. The van der Waals surface area contributed by atoms with Gasteiger partial charge in [0.05, 0.1) is 18.4 Å². The zero-order valence-corrected chi connectivity index (χ0v) is 12.7. The molecular formula is C18H21N3O. The summed E-state index contributed by atoms with van der Waals surface area (Å²) in [6.45, 7) is 2.55. The molecule has 1 aromatic carbocycles. The van der Waals surface area contributed by atoms with Crippen molar-refractivity contribution < 1.29 is 0 Å². The minimum atomic E-state index is -0.0409. The van der Waals surface area contributed by atoms with E-state index < -0.39 is 0 Å². The molecule has 0 bridgehead atoms. The molecule has 0 radical (unpaired) electrons. The Labute approximate surface area is 130 Å². The topological polar surface area (TPSA) is 38.1 Å². The van der Waals surface area contributed by atoms with Gasteiger partial charge in [-0.05, 0) is 24.8 Å². The van der Waals surface area contributed by atoms with Gasteiger partial charge in [0, 0.05) is 19.2 Å². The van der Waals surface area contributed by atoms with E-state index in [1.165, 1.54) is 23.9 Å². The highest BCUT2D eigenvalue weighted by Gasteiger charge is 2.12. The Kier molecular flexibility index (Phi) is 4.68. The van der Waals surface area contributed by atoms with Crippen molar-refractivity contribution >= 4 is 11.8 Å². The molecule has 2 aromatic rings. The first-order chi connectivity index (χ1) is 10.8. The molecule has 0 aliphatic carbocycles. The summed E-state index contributed by atoms with van der Waals surface area (Å²) in [5.74, 6) is 0. The number of aromatic nitrogens is 2. The van der Waals surface area contributed by atoms with Gasteiger partial charge in [-0.15, -0.1) is 0 Å². The smallest absolute Gasteiger partial charge is 0.269 e. The third-order valence-electron chi connectivity index (χ3n) is 3.96. The molecule has 0 atom stereocenters. The number of piperidine rings is 1. The van der Waals surface area contributed by atoms with Crippen LogP contribution >= 0.6 is 0 Å². The summed E-state index contributed by atoms with van der Waals surface area (Å²) < 4.78 is 1.49. The highest BCUT2D eigenvalue weighted by Crippen LogP contribution is 2.16. The summed E-state index contributed by atoms with van der Waals surface area (Å²) in [7, 11) is 0. The molecular weight excluding hydrogens is 274 g/mol. The maximum atomic E-state index is 12.2. The van der Waals surface area contributed by atoms with Gasteiger partial charge in [-0.1, -0.05) is 42.5 Å². The normalized spacial score (nSPS) is 15.4. The van der Waals surface area contributed by atoms with Crippen molar-refractivity contribution in [3.8, 4) is 0 Å². The molecule has 1 aliphatic rings. The van der Waals surface area contributed by atoms with Crippen molar-refractivity contribution in [1.29, 1.82) is 0 Å². The maximum Gasteiger partial charge on any atom is 0.269 e. The summed E-state index contributed by atoms with van der Waals surface area (Å²) in [6, 6.07) is 11.8. The van der Waals surface area contributed by atoms with E-state index in [0.29, 0.717) is 6.54 Å². The molecule has 114 valence electrons. The number of hydrogen-bond donors (Lipinski definition) is 0. The van der Waals surface area contributed by atoms with Gasteiger partial charge < -0.3 is 4.90 Å². The van der Waals surface area contributed by atoms with Crippen LogP contribution in [0.4, 0.5) is 5.69 Å². The van der Waals surface area contributed by atoms with Crippen LogP contribution in [0.1, 0.15) is 24.8 Å². The van der Waals surface area contributed by atoms with E-state index in [1.54, 1.807) is 6.07 Å². The van der Waals surface area contributed by atoms with Crippen LogP contribution in [0.25, 0.3) is 6.08 Å². The second-order valence-electron chi connectivity index (χ2n) is 5.59. The summed E-state index contributed by atoms with van der Waals surface area (Å²) in [5, 5.41) is 4.30. The van der Waals surface area contributed by atoms with E-state index in [9.17, 15) is 4.79 Å². The van der Waals surface area contributed by atoms with Crippen LogP contribution in [0.2, 0.25) is 0 Å². The summed E-state index contributed by atoms with van der Waals surface area (Å²) in [6.07, 6.45) is 9.46. The van der Waals surface area contributed by atoms with Crippen LogP contribution in [0.5, 0.6) is 0 Å². The van der Waals surface area contributed by atoms with Crippen molar-refractivity contribution in [2.45, 2.75) is 25.8 Å². The van der Waals surface area contributed by atoms with Gasteiger partial charge in [0.25, 0.3) is 5.56 Å². The second kappa shape index (κ2) is 7.07. The fourth-order valence-corrected chi connectivity index (χ4v) is 2.74. The minimum Gasteiger partial charge on any atom is -0.370 e. The van der Waals surface area contributed by atoms with Crippen LogP contribution in [0, 0.1) is 0 Å². The van der Waals surface area contributed by atoms with E-state index in [-0.39, 0.29) is 5.56 Å². The third kappa shape index (κ3) is 3.64. The molecule has 1 aliphatic heterocycles. The van der Waals surface area contributed by atoms with E-state index in [2.05, 4.69) is 10.00 Å². The van der Waals surface area contributed by atoms with Crippen molar-refractivity contribution in [1.82, 2.24) is 9.78 Å². The van der Waals surface area contributed by atoms with Gasteiger partial charge >= 0.3 is 0 Å². The lowest BCUT2D eigenvalue weighted by molar-refractivity contribution is 0.572. The first-order valence-electron chi connectivity index (χ1n) is 7.87. The zero-order valence-electron chi connectivity index (χ0n) is 12.7. The van der Waals surface area contributed by atoms with Crippen LogP contribution in [-0.2, 0) is 6.54 Å². The Hall–Kier alpha value is -2.36. The highest BCUT2D eigenvalue weighted by molar-refractivity contribution is 5.48. The average molecular weight is 295 g/mol. The van der Waals surface area contributed by atoms with Crippen molar-refractivity contribution in [3.63, 3.8) is 0 Å². The van der Waals surface area contributed by atoms with Crippen molar-refractivity contribution in [2.24, 2.45) is 0 Å². The van der Waals surface area contributed by atoms with Crippen LogP contribution < -0.4 is 10.5 Å². The molecule has 1 saturated heterocycles. The number of rotatable bonds is 4. The van der Waals surface area contributed by atoms with Crippen LogP contribution in [-0.4, -0.2) is 22.9 Å². The van der Waals surface area contributed by atoms with Crippen molar-refractivity contribution in [2.75, 3.05) is 18.0 Å². The Bertz CT molecular complexity index is 685. The largest absolute Gasteiger partial charge is 0.370 e. The molecule has 0 unspecified atom stereocenters. The molecule has 0 amide bonds. The number of anilines is 1. The number of hydrogen-bond acceptors (Lipinski definition) is 3. The quantitative estimate of drug-likeness (QED) is 0.870. The first kappa shape index (κ1) is 14.6. The van der Waals surface area contributed by atoms with E-state index >= 15 is 0 Å². The summed E-state index contributed by atoms with van der Waals surface area (Å²) in [4.78, 5) is 14.4. The molecule has 2 heterocycles. The van der Waals surface area contributed by atoms with Gasteiger partial charge in [-0.25, -0.2) is 4.68 Å².